The van der Waals surface area contributed by atoms with E-state index in [4.69, 9.17) is 15.2 Å². The SMILES string of the molecule is CCN1CCN(C2CC3(CCC2N)OCCO3)CC1. The molecule has 2 N–H and O–H groups in total. The maximum absolute atomic E-state index is 6.36. The molecule has 0 radical (unpaired) electrons. The molecule has 3 rings (SSSR count). The molecule has 1 saturated carbocycles. The van der Waals surface area contributed by atoms with Crippen molar-refractivity contribution in [2.45, 2.75) is 44.1 Å². The molecule has 3 fully saturated rings. The molecule has 1 aliphatic carbocycles. The molecule has 3 aliphatic rings. The molecule has 2 unspecified atom stereocenters. The Kier molecular flexibility index (Phi) is 4.10. The Morgan fingerprint density at radius 3 is 2.47 bits per heavy atom. The minimum atomic E-state index is -0.317. The summed E-state index contributed by atoms with van der Waals surface area (Å²) >= 11 is 0. The maximum Gasteiger partial charge on any atom is 0.170 e. The molecule has 5 nitrogen and oxygen atoms in total. The molecule has 2 saturated heterocycles. The van der Waals surface area contributed by atoms with Gasteiger partial charge in [0.15, 0.2) is 5.79 Å². The van der Waals surface area contributed by atoms with Crippen molar-refractivity contribution < 1.29 is 9.47 Å². The zero-order valence-corrected chi connectivity index (χ0v) is 12.0. The van der Waals surface area contributed by atoms with Crippen molar-refractivity contribution in [2.75, 3.05) is 45.9 Å². The zero-order valence-electron chi connectivity index (χ0n) is 12.0. The summed E-state index contributed by atoms with van der Waals surface area (Å²) in [6.07, 6.45) is 2.92. The molecule has 0 bridgehead atoms. The highest BCUT2D eigenvalue weighted by Crippen LogP contribution is 2.37. The summed E-state index contributed by atoms with van der Waals surface area (Å²) in [5, 5.41) is 0. The van der Waals surface area contributed by atoms with Gasteiger partial charge in [0.25, 0.3) is 0 Å². The van der Waals surface area contributed by atoms with Crippen LogP contribution in [0.25, 0.3) is 0 Å². The Bertz CT molecular complexity index is 299. The number of hydrogen-bond acceptors (Lipinski definition) is 5. The van der Waals surface area contributed by atoms with Gasteiger partial charge in [-0.15, -0.1) is 0 Å². The first-order valence-electron chi connectivity index (χ1n) is 7.72. The highest BCUT2D eigenvalue weighted by atomic mass is 16.7. The predicted molar refractivity (Wildman–Crippen MR) is 73.9 cm³/mol. The topological polar surface area (TPSA) is 51.0 Å². The van der Waals surface area contributed by atoms with E-state index in [-0.39, 0.29) is 11.8 Å². The summed E-state index contributed by atoms with van der Waals surface area (Å²) in [4.78, 5) is 5.06. The Balaban J connectivity index is 1.62. The van der Waals surface area contributed by atoms with Crippen LogP contribution in [0.2, 0.25) is 0 Å². The van der Waals surface area contributed by atoms with E-state index >= 15 is 0 Å². The fourth-order valence-electron chi connectivity index (χ4n) is 3.72. The molecule has 2 heterocycles. The van der Waals surface area contributed by atoms with Crippen molar-refractivity contribution in [3.8, 4) is 0 Å². The van der Waals surface area contributed by atoms with Gasteiger partial charge < -0.3 is 20.1 Å². The predicted octanol–water partition coefficient (Wildman–Crippen LogP) is 0.247. The van der Waals surface area contributed by atoms with E-state index in [9.17, 15) is 0 Å². The quantitative estimate of drug-likeness (QED) is 0.778. The second-order valence-electron chi connectivity index (χ2n) is 6.05. The summed E-state index contributed by atoms with van der Waals surface area (Å²) < 4.78 is 11.8. The summed E-state index contributed by atoms with van der Waals surface area (Å²) in [7, 11) is 0. The fraction of sp³-hybridized carbons (Fsp3) is 1.00. The van der Waals surface area contributed by atoms with Crippen LogP contribution in [0.5, 0.6) is 0 Å². The summed E-state index contributed by atoms with van der Waals surface area (Å²) in [5.41, 5.74) is 6.36. The van der Waals surface area contributed by atoms with Crippen LogP contribution in [0.3, 0.4) is 0 Å². The molecule has 5 heteroatoms. The Labute approximate surface area is 116 Å². The Morgan fingerprint density at radius 2 is 1.84 bits per heavy atom. The van der Waals surface area contributed by atoms with E-state index in [1.807, 2.05) is 0 Å². The van der Waals surface area contributed by atoms with Crippen LogP contribution in [-0.4, -0.2) is 73.6 Å². The molecule has 1 spiro atoms. The molecular weight excluding hydrogens is 242 g/mol. The van der Waals surface area contributed by atoms with Crippen molar-refractivity contribution in [1.29, 1.82) is 0 Å². The molecule has 0 aromatic carbocycles. The zero-order chi connectivity index (χ0) is 13.3. The van der Waals surface area contributed by atoms with E-state index < -0.39 is 0 Å². The maximum atomic E-state index is 6.36. The van der Waals surface area contributed by atoms with Crippen LogP contribution in [0.4, 0.5) is 0 Å². The molecule has 2 atom stereocenters. The third-order valence-electron chi connectivity index (χ3n) is 5.01. The van der Waals surface area contributed by atoms with Gasteiger partial charge in [0.05, 0.1) is 13.2 Å². The summed E-state index contributed by atoms with van der Waals surface area (Å²) in [5.74, 6) is -0.317. The fourth-order valence-corrected chi connectivity index (χ4v) is 3.72. The molecule has 0 aromatic heterocycles. The van der Waals surface area contributed by atoms with Crippen LogP contribution in [0.1, 0.15) is 26.2 Å². The van der Waals surface area contributed by atoms with Gasteiger partial charge in [-0.25, -0.2) is 0 Å². The van der Waals surface area contributed by atoms with Crippen molar-refractivity contribution in [3.05, 3.63) is 0 Å². The lowest BCUT2D eigenvalue weighted by atomic mass is 9.85. The number of ether oxygens (including phenoxy) is 2. The lowest BCUT2D eigenvalue weighted by Crippen LogP contribution is -2.60. The van der Waals surface area contributed by atoms with Gasteiger partial charge in [-0.2, -0.15) is 0 Å². The van der Waals surface area contributed by atoms with E-state index in [0.29, 0.717) is 6.04 Å². The van der Waals surface area contributed by atoms with Crippen LogP contribution >= 0.6 is 0 Å². The van der Waals surface area contributed by atoms with Gasteiger partial charge in [-0.3, -0.25) is 4.90 Å². The summed E-state index contributed by atoms with van der Waals surface area (Å²) in [6.45, 7) is 9.45. The van der Waals surface area contributed by atoms with E-state index in [1.165, 1.54) is 0 Å². The number of nitrogens with two attached hydrogens (primary N) is 1. The third-order valence-corrected chi connectivity index (χ3v) is 5.01. The normalized spacial score (nSPS) is 36.9. The highest BCUT2D eigenvalue weighted by molar-refractivity contribution is 4.96. The van der Waals surface area contributed by atoms with Gasteiger partial charge in [0, 0.05) is 51.1 Å². The van der Waals surface area contributed by atoms with Crippen molar-refractivity contribution in [2.24, 2.45) is 5.73 Å². The lowest BCUT2D eigenvalue weighted by Gasteiger charge is -2.47. The Morgan fingerprint density at radius 1 is 1.16 bits per heavy atom. The number of nitrogens with zero attached hydrogens (tertiary/aromatic N) is 2. The molecule has 2 aliphatic heterocycles. The first-order chi connectivity index (χ1) is 9.22. The highest BCUT2D eigenvalue weighted by Gasteiger charge is 2.46. The van der Waals surface area contributed by atoms with E-state index in [2.05, 4.69) is 16.7 Å². The van der Waals surface area contributed by atoms with Crippen molar-refractivity contribution in [3.63, 3.8) is 0 Å². The molecule has 19 heavy (non-hydrogen) atoms. The monoisotopic (exact) mass is 269 g/mol. The van der Waals surface area contributed by atoms with Crippen molar-refractivity contribution in [1.82, 2.24) is 9.80 Å². The van der Waals surface area contributed by atoms with Gasteiger partial charge in [-0.1, -0.05) is 6.92 Å². The second kappa shape index (κ2) is 5.66. The van der Waals surface area contributed by atoms with E-state index in [1.54, 1.807) is 0 Å². The van der Waals surface area contributed by atoms with Gasteiger partial charge in [0.1, 0.15) is 0 Å². The standard InChI is InChI=1S/C14H27N3O2/c1-2-16-5-7-17(8-6-16)13-11-14(4-3-12(13)15)18-9-10-19-14/h12-13H,2-11,15H2,1H3. The number of hydrogen-bond donors (Lipinski definition) is 1. The number of piperazine rings is 1. The largest absolute Gasteiger partial charge is 0.347 e. The number of likely N-dealkylation sites (N-methyl/N-ethyl adjacent to an activating group) is 1. The first-order valence-corrected chi connectivity index (χ1v) is 7.72. The van der Waals surface area contributed by atoms with Gasteiger partial charge >= 0.3 is 0 Å². The molecular formula is C14H27N3O2. The van der Waals surface area contributed by atoms with Crippen LogP contribution in [0.15, 0.2) is 0 Å². The lowest BCUT2D eigenvalue weighted by molar-refractivity contribution is -0.193. The van der Waals surface area contributed by atoms with Crippen LogP contribution in [-0.2, 0) is 9.47 Å². The van der Waals surface area contributed by atoms with Crippen LogP contribution in [0, 0.1) is 0 Å². The van der Waals surface area contributed by atoms with Gasteiger partial charge in [-0.05, 0) is 13.0 Å². The average Bonchev–Trinajstić information content (AvgIpc) is 2.90. The number of rotatable bonds is 2. The minimum Gasteiger partial charge on any atom is -0.347 e. The third kappa shape index (κ3) is 2.81. The Hall–Kier alpha value is -0.200. The average molecular weight is 269 g/mol. The first kappa shape index (κ1) is 13.8. The van der Waals surface area contributed by atoms with Crippen LogP contribution < -0.4 is 5.73 Å². The smallest absolute Gasteiger partial charge is 0.170 e. The summed E-state index contributed by atoms with van der Waals surface area (Å²) in [6, 6.07) is 0.692. The molecule has 110 valence electrons. The van der Waals surface area contributed by atoms with Gasteiger partial charge in [0.2, 0.25) is 0 Å². The van der Waals surface area contributed by atoms with Crippen molar-refractivity contribution >= 4 is 0 Å². The van der Waals surface area contributed by atoms with E-state index in [0.717, 1.165) is 65.2 Å². The molecule has 0 aromatic rings. The minimum absolute atomic E-state index is 0.270. The second-order valence-corrected chi connectivity index (χ2v) is 6.05. The molecule has 0 amide bonds.